The van der Waals surface area contributed by atoms with Gasteiger partial charge in [0, 0.05) is 23.7 Å². The molecule has 146 valence electrons. The number of aromatic carboxylic acids is 1. The van der Waals surface area contributed by atoms with E-state index in [1.54, 1.807) is 12.1 Å². The van der Waals surface area contributed by atoms with E-state index in [-0.39, 0.29) is 18.4 Å². The van der Waals surface area contributed by atoms with E-state index in [9.17, 15) is 9.90 Å². The Morgan fingerprint density at radius 1 is 1.19 bits per heavy atom. The highest BCUT2D eigenvalue weighted by atomic mass is 35.5. The second kappa shape index (κ2) is 10.1. The Hall–Kier alpha value is -1.59. The van der Waals surface area contributed by atoms with Gasteiger partial charge in [-0.1, -0.05) is 41.9 Å². The summed E-state index contributed by atoms with van der Waals surface area (Å²) < 4.78 is 0. The molecule has 0 radical (unpaired) electrons. The molecule has 1 aliphatic heterocycles. The number of rotatable bonds is 6. The predicted molar refractivity (Wildman–Crippen MR) is 112 cm³/mol. The highest BCUT2D eigenvalue weighted by Gasteiger charge is 2.27. The fourth-order valence-electron chi connectivity index (χ4n) is 3.72. The second-order valence-corrected chi connectivity index (χ2v) is 7.28. The second-order valence-electron chi connectivity index (χ2n) is 6.84. The smallest absolute Gasteiger partial charge is 0.336 e. The third kappa shape index (κ3) is 5.45. The van der Waals surface area contributed by atoms with Crippen LogP contribution in [0, 0.1) is 0 Å². The van der Waals surface area contributed by atoms with Crippen LogP contribution in [0.3, 0.4) is 0 Å². The van der Waals surface area contributed by atoms with Crippen LogP contribution in [0.15, 0.2) is 48.5 Å². The van der Waals surface area contributed by atoms with Crippen molar-refractivity contribution in [3.8, 4) is 0 Å². The summed E-state index contributed by atoms with van der Waals surface area (Å²) >= 11 is 6.04. The Bertz CT molecular complexity index is 746. The van der Waals surface area contributed by atoms with Crippen molar-refractivity contribution >= 4 is 30.0 Å². The van der Waals surface area contributed by atoms with E-state index in [0.717, 1.165) is 36.5 Å². The van der Waals surface area contributed by atoms with Gasteiger partial charge in [-0.05, 0) is 62.2 Å². The minimum Gasteiger partial charge on any atom is -0.478 e. The number of carbonyl (C=O) groups is 1. The molecule has 2 aromatic rings. The molecule has 0 saturated carbocycles. The first-order chi connectivity index (χ1) is 12.6. The van der Waals surface area contributed by atoms with Crippen LogP contribution < -0.4 is 5.32 Å². The molecule has 6 heteroatoms. The van der Waals surface area contributed by atoms with Crippen molar-refractivity contribution in [1.82, 2.24) is 10.2 Å². The number of hydrogen-bond acceptors (Lipinski definition) is 3. The minimum atomic E-state index is -0.870. The van der Waals surface area contributed by atoms with Crippen LogP contribution >= 0.6 is 24.0 Å². The molecule has 1 heterocycles. The summed E-state index contributed by atoms with van der Waals surface area (Å²) in [6.45, 7) is 4.80. The maximum absolute atomic E-state index is 11.6. The Kier molecular flexibility index (Phi) is 8.11. The average Bonchev–Trinajstić information content (AvgIpc) is 2.67. The van der Waals surface area contributed by atoms with Crippen LogP contribution in [-0.2, 0) is 6.54 Å². The third-order valence-corrected chi connectivity index (χ3v) is 5.48. The summed E-state index contributed by atoms with van der Waals surface area (Å²) in [4.78, 5) is 14.1. The monoisotopic (exact) mass is 408 g/mol. The molecule has 0 spiro atoms. The first-order valence-corrected chi connectivity index (χ1v) is 9.47. The number of carboxylic acid groups (broad SMARTS) is 1. The molecule has 0 bridgehead atoms. The molecular formula is C21H26Cl2N2O2. The van der Waals surface area contributed by atoms with Gasteiger partial charge in [-0.2, -0.15) is 0 Å². The van der Waals surface area contributed by atoms with Gasteiger partial charge in [0.05, 0.1) is 5.56 Å². The molecule has 2 N–H and O–H groups in total. The third-order valence-electron chi connectivity index (χ3n) is 5.23. The number of nitrogens with zero attached hydrogens (tertiary/aromatic N) is 1. The lowest BCUT2D eigenvalue weighted by atomic mass is 9.97. The summed E-state index contributed by atoms with van der Waals surface area (Å²) in [5.41, 5.74) is 2.44. The maximum Gasteiger partial charge on any atom is 0.336 e. The van der Waals surface area contributed by atoms with Crippen molar-refractivity contribution in [3.05, 3.63) is 70.2 Å². The van der Waals surface area contributed by atoms with E-state index in [1.165, 1.54) is 5.56 Å². The first-order valence-electron chi connectivity index (χ1n) is 9.09. The average molecular weight is 409 g/mol. The number of piperidine rings is 1. The summed E-state index contributed by atoms with van der Waals surface area (Å²) in [5.74, 6) is -0.870. The molecule has 0 amide bonds. The summed E-state index contributed by atoms with van der Waals surface area (Å²) in [7, 11) is 0. The molecule has 0 aliphatic carbocycles. The molecule has 1 aliphatic rings. The molecule has 3 rings (SSSR count). The zero-order valence-electron chi connectivity index (χ0n) is 15.4. The lowest BCUT2D eigenvalue weighted by Gasteiger charge is -2.39. The Balaban J connectivity index is 0.00000261. The van der Waals surface area contributed by atoms with Gasteiger partial charge in [-0.25, -0.2) is 4.79 Å². The van der Waals surface area contributed by atoms with Crippen molar-refractivity contribution in [2.24, 2.45) is 0 Å². The van der Waals surface area contributed by atoms with E-state index < -0.39 is 5.97 Å². The van der Waals surface area contributed by atoms with Crippen molar-refractivity contribution in [1.29, 1.82) is 0 Å². The number of carboxylic acids is 1. The molecule has 27 heavy (non-hydrogen) atoms. The molecule has 1 unspecified atom stereocenters. The topological polar surface area (TPSA) is 52.6 Å². The van der Waals surface area contributed by atoms with Crippen molar-refractivity contribution < 1.29 is 9.90 Å². The van der Waals surface area contributed by atoms with Gasteiger partial charge in [-0.3, -0.25) is 4.90 Å². The molecular weight excluding hydrogens is 383 g/mol. The molecule has 4 nitrogen and oxygen atoms in total. The van der Waals surface area contributed by atoms with Crippen LogP contribution in [0.2, 0.25) is 5.02 Å². The molecule has 1 atom stereocenters. The van der Waals surface area contributed by atoms with Crippen LogP contribution in [0.1, 0.15) is 47.3 Å². The van der Waals surface area contributed by atoms with E-state index >= 15 is 0 Å². The lowest BCUT2D eigenvalue weighted by Crippen LogP contribution is -2.44. The number of benzene rings is 2. The van der Waals surface area contributed by atoms with Crippen LogP contribution in [0.4, 0.5) is 0 Å². The van der Waals surface area contributed by atoms with Crippen LogP contribution in [0.5, 0.6) is 0 Å². The van der Waals surface area contributed by atoms with E-state index in [0.29, 0.717) is 18.2 Å². The maximum atomic E-state index is 11.6. The van der Waals surface area contributed by atoms with Crippen LogP contribution in [0.25, 0.3) is 0 Å². The van der Waals surface area contributed by atoms with Gasteiger partial charge in [0.15, 0.2) is 0 Å². The Labute approximate surface area is 171 Å². The molecule has 2 aromatic carbocycles. The SMILES string of the molecule is CC(c1ccc(Cl)cc1)N(Cc1ccccc1C(=O)O)C1CCNCC1.Cl. The lowest BCUT2D eigenvalue weighted by molar-refractivity contribution is 0.0689. The summed E-state index contributed by atoms with van der Waals surface area (Å²) in [5, 5.41) is 13.7. The van der Waals surface area contributed by atoms with Gasteiger partial charge < -0.3 is 10.4 Å². The van der Waals surface area contributed by atoms with Crippen molar-refractivity contribution in [2.45, 2.75) is 38.4 Å². The molecule has 1 fully saturated rings. The molecule has 0 aromatic heterocycles. The highest BCUT2D eigenvalue weighted by molar-refractivity contribution is 6.30. The Morgan fingerprint density at radius 2 is 1.81 bits per heavy atom. The van der Waals surface area contributed by atoms with E-state index in [4.69, 9.17) is 11.6 Å². The van der Waals surface area contributed by atoms with Gasteiger partial charge in [0.2, 0.25) is 0 Å². The summed E-state index contributed by atoms with van der Waals surface area (Å²) in [6.07, 6.45) is 2.13. The number of halogens is 2. The summed E-state index contributed by atoms with van der Waals surface area (Å²) in [6, 6.07) is 15.9. The van der Waals surface area contributed by atoms with Crippen LogP contribution in [-0.4, -0.2) is 35.1 Å². The minimum absolute atomic E-state index is 0. The largest absolute Gasteiger partial charge is 0.478 e. The van der Waals surface area contributed by atoms with Crippen molar-refractivity contribution in [2.75, 3.05) is 13.1 Å². The Morgan fingerprint density at radius 3 is 2.44 bits per heavy atom. The highest BCUT2D eigenvalue weighted by Crippen LogP contribution is 2.29. The van der Waals surface area contributed by atoms with Gasteiger partial charge in [0.1, 0.15) is 0 Å². The van der Waals surface area contributed by atoms with Gasteiger partial charge >= 0.3 is 5.97 Å². The number of nitrogens with one attached hydrogen (secondary N) is 1. The fourth-order valence-corrected chi connectivity index (χ4v) is 3.84. The predicted octanol–water partition coefficient (Wildman–Crippen LogP) is 4.78. The van der Waals surface area contributed by atoms with E-state index in [2.05, 4.69) is 29.3 Å². The van der Waals surface area contributed by atoms with Crippen molar-refractivity contribution in [3.63, 3.8) is 0 Å². The quantitative estimate of drug-likeness (QED) is 0.722. The fraction of sp³-hybridized carbons (Fsp3) is 0.381. The number of hydrogen-bond donors (Lipinski definition) is 2. The standard InChI is InChI=1S/C21H25ClN2O2.ClH/c1-15(16-6-8-18(22)9-7-16)24(19-10-12-23-13-11-19)14-17-4-2-3-5-20(17)21(25)26;/h2-9,15,19,23H,10-14H2,1H3,(H,25,26);1H. The normalized spacial score (nSPS) is 16.0. The molecule has 1 saturated heterocycles. The zero-order valence-corrected chi connectivity index (χ0v) is 17.0. The van der Waals surface area contributed by atoms with Gasteiger partial charge in [0.25, 0.3) is 0 Å². The zero-order chi connectivity index (χ0) is 18.5. The van der Waals surface area contributed by atoms with Gasteiger partial charge in [-0.15, -0.1) is 12.4 Å². The first kappa shape index (κ1) is 21.7. The van der Waals surface area contributed by atoms with E-state index in [1.807, 2.05) is 24.3 Å².